The highest BCUT2D eigenvalue weighted by atomic mass is 35.5. The first-order valence-electron chi connectivity index (χ1n) is 5.48. The molecule has 1 aromatic rings. The van der Waals surface area contributed by atoms with Gasteiger partial charge in [0.1, 0.15) is 0 Å². The van der Waals surface area contributed by atoms with E-state index in [1.54, 1.807) is 18.2 Å². The number of carbonyl (C=O) groups excluding carboxylic acids is 1. The van der Waals surface area contributed by atoms with Crippen LogP contribution in [0.5, 0.6) is 0 Å². The van der Waals surface area contributed by atoms with Gasteiger partial charge in [0.2, 0.25) is 5.91 Å². The topological polar surface area (TPSA) is 20.3 Å². The summed E-state index contributed by atoms with van der Waals surface area (Å²) in [6.07, 6.45) is 1.11. The van der Waals surface area contributed by atoms with Gasteiger partial charge in [-0.05, 0) is 31.5 Å². The van der Waals surface area contributed by atoms with Crippen LogP contribution in [-0.4, -0.2) is 29.1 Å². The molecular weight excluding hydrogens is 277 g/mol. The fraction of sp³-hybridized carbons (Fsp3) is 0.417. The zero-order valence-corrected chi connectivity index (χ0v) is 11.8. The molecule has 1 heterocycles. The minimum atomic E-state index is -0.119. The normalized spacial score (nSPS) is 16.5. The molecular formula is C12H13Cl2NOS. The highest BCUT2D eigenvalue weighted by Crippen LogP contribution is 2.33. The van der Waals surface area contributed by atoms with Crippen LogP contribution in [0.15, 0.2) is 23.1 Å². The van der Waals surface area contributed by atoms with Crippen molar-refractivity contribution in [3.05, 3.63) is 28.2 Å². The number of amides is 1. The third-order valence-corrected chi connectivity index (χ3v) is 4.54. The molecule has 1 amide bonds. The van der Waals surface area contributed by atoms with Crippen LogP contribution in [0.1, 0.15) is 13.3 Å². The van der Waals surface area contributed by atoms with Gasteiger partial charge in [0.15, 0.2) is 0 Å². The minimum absolute atomic E-state index is 0.119. The van der Waals surface area contributed by atoms with Crippen molar-refractivity contribution in [2.45, 2.75) is 23.5 Å². The van der Waals surface area contributed by atoms with Crippen molar-refractivity contribution in [3.8, 4) is 0 Å². The summed E-state index contributed by atoms with van der Waals surface area (Å²) < 4.78 is 0. The molecule has 17 heavy (non-hydrogen) atoms. The maximum absolute atomic E-state index is 12.0. The summed E-state index contributed by atoms with van der Waals surface area (Å²) in [5.74, 6) is 0.178. The highest BCUT2D eigenvalue weighted by Gasteiger charge is 2.26. The number of likely N-dealkylation sites (tertiary alicyclic amines) is 1. The number of nitrogens with zero attached hydrogens (tertiary/aromatic N) is 1. The third-order valence-electron chi connectivity index (χ3n) is 2.71. The number of hydrogen-bond acceptors (Lipinski definition) is 2. The molecule has 1 atom stereocenters. The Morgan fingerprint density at radius 3 is 2.71 bits per heavy atom. The Balaban J connectivity index is 2.04. The second kappa shape index (κ2) is 5.51. The van der Waals surface area contributed by atoms with Crippen LogP contribution in [-0.2, 0) is 4.79 Å². The summed E-state index contributed by atoms with van der Waals surface area (Å²) in [7, 11) is 0. The molecule has 0 spiro atoms. The summed E-state index contributed by atoms with van der Waals surface area (Å²) in [5.41, 5.74) is 0. The van der Waals surface area contributed by atoms with E-state index in [1.165, 1.54) is 11.8 Å². The van der Waals surface area contributed by atoms with E-state index in [-0.39, 0.29) is 11.2 Å². The molecule has 0 N–H and O–H groups in total. The summed E-state index contributed by atoms with van der Waals surface area (Å²) in [4.78, 5) is 14.7. The standard InChI is InChI=1S/C12H13Cl2NOS/c1-8(12(16)15-5-2-6-15)17-11-7-9(13)3-4-10(11)14/h3-4,7-8H,2,5-6H2,1H3/t8-/m0/s1. The molecule has 2 nitrogen and oxygen atoms in total. The summed E-state index contributed by atoms with van der Waals surface area (Å²) >= 11 is 13.4. The molecule has 0 radical (unpaired) electrons. The van der Waals surface area contributed by atoms with Gasteiger partial charge in [-0.1, -0.05) is 23.2 Å². The minimum Gasteiger partial charge on any atom is -0.342 e. The number of carbonyl (C=O) groups is 1. The molecule has 0 unspecified atom stereocenters. The fourth-order valence-electron chi connectivity index (χ4n) is 1.60. The monoisotopic (exact) mass is 289 g/mol. The zero-order valence-electron chi connectivity index (χ0n) is 9.45. The Kier molecular flexibility index (Phi) is 4.23. The predicted molar refractivity (Wildman–Crippen MR) is 73.0 cm³/mol. The van der Waals surface area contributed by atoms with Crippen molar-refractivity contribution in [3.63, 3.8) is 0 Å². The van der Waals surface area contributed by atoms with E-state index in [1.807, 2.05) is 11.8 Å². The van der Waals surface area contributed by atoms with E-state index >= 15 is 0 Å². The molecule has 2 rings (SSSR count). The van der Waals surface area contributed by atoms with E-state index < -0.39 is 0 Å². The van der Waals surface area contributed by atoms with Crippen LogP contribution < -0.4 is 0 Å². The Morgan fingerprint density at radius 1 is 1.41 bits per heavy atom. The van der Waals surface area contributed by atoms with Crippen LogP contribution in [0, 0.1) is 0 Å². The molecule has 0 bridgehead atoms. The molecule has 1 fully saturated rings. The Labute approximate surface area is 115 Å². The van der Waals surface area contributed by atoms with Gasteiger partial charge in [0, 0.05) is 23.0 Å². The second-order valence-electron chi connectivity index (χ2n) is 4.01. The lowest BCUT2D eigenvalue weighted by Crippen LogP contribution is -2.45. The lowest BCUT2D eigenvalue weighted by Gasteiger charge is -2.33. The molecule has 0 aromatic heterocycles. The van der Waals surface area contributed by atoms with E-state index in [0.717, 1.165) is 24.4 Å². The van der Waals surface area contributed by atoms with Crippen LogP contribution in [0.2, 0.25) is 10.0 Å². The molecule has 1 aliphatic heterocycles. The van der Waals surface area contributed by atoms with Gasteiger partial charge in [-0.15, -0.1) is 11.8 Å². The van der Waals surface area contributed by atoms with Crippen molar-refractivity contribution < 1.29 is 4.79 Å². The number of thioether (sulfide) groups is 1. The SMILES string of the molecule is C[C@H](Sc1cc(Cl)ccc1Cl)C(=O)N1CCC1. The molecule has 1 aromatic carbocycles. The first-order valence-corrected chi connectivity index (χ1v) is 7.12. The molecule has 1 aliphatic rings. The zero-order chi connectivity index (χ0) is 12.4. The van der Waals surface area contributed by atoms with Crippen LogP contribution in [0.3, 0.4) is 0 Å². The maximum atomic E-state index is 12.0. The number of benzene rings is 1. The predicted octanol–water partition coefficient (Wildman–Crippen LogP) is 3.71. The number of halogens is 2. The fourth-order valence-corrected chi connectivity index (χ4v) is 3.10. The average Bonchev–Trinajstić information content (AvgIpc) is 2.21. The molecule has 0 saturated carbocycles. The van der Waals surface area contributed by atoms with Gasteiger partial charge in [0.25, 0.3) is 0 Å². The quantitative estimate of drug-likeness (QED) is 0.791. The highest BCUT2D eigenvalue weighted by molar-refractivity contribution is 8.00. The smallest absolute Gasteiger partial charge is 0.235 e. The Bertz CT molecular complexity index is 435. The molecule has 0 aliphatic carbocycles. The lowest BCUT2D eigenvalue weighted by atomic mass is 10.2. The van der Waals surface area contributed by atoms with Gasteiger partial charge in [0.05, 0.1) is 10.3 Å². The maximum Gasteiger partial charge on any atom is 0.235 e. The molecule has 5 heteroatoms. The van der Waals surface area contributed by atoms with Crippen LogP contribution in [0.4, 0.5) is 0 Å². The van der Waals surface area contributed by atoms with Crippen molar-refractivity contribution in [1.82, 2.24) is 4.90 Å². The Hall–Kier alpha value is -0.380. The van der Waals surface area contributed by atoms with E-state index in [2.05, 4.69) is 0 Å². The van der Waals surface area contributed by atoms with Gasteiger partial charge in [-0.3, -0.25) is 4.79 Å². The second-order valence-corrected chi connectivity index (χ2v) is 6.24. The van der Waals surface area contributed by atoms with Gasteiger partial charge in [-0.2, -0.15) is 0 Å². The van der Waals surface area contributed by atoms with Crippen molar-refractivity contribution >= 4 is 40.9 Å². The summed E-state index contributed by atoms with van der Waals surface area (Å²) in [6.45, 7) is 3.67. The van der Waals surface area contributed by atoms with Crippen LogP contribution in [0.25, 0.3) is 0 Å². The van der Waals surface area contributed by atoms with E-state index in [4.69, 9.17) is 23.2 Å². The Morgan fingerprint density at radius 2 is 2.12 bits per heavy atom. The van der Waals surface area contributed by atoms with E-state index in [9.17, 15) is 4.79 Å². The lowest BCUT2D eigenvalue weighted by molar-refractivity contribution is -0.133. The van der Waals surface area contributed by atoms with Crippen molar-refractivity contribution in [2.24, 2.45) is 0 Å². The molecule has 1 saturated heterocycles. The van der Waals surface area contributed by atoms with Gasteiger partial charge >= 0.3 is 0 Å². The van der Waals surface area contributed by atoms with Crippen molar-refractivity contribution in [1.29, 1.82) is 0 Å². The first kappa shape index (κ1) is 13.1. The average molecular weight is 290 g/mol. The number of rotatable bonds is 3. The van der Waals surface area contributed by atoms with Gasteiger partial charge < -0.3 is 4.90 Å². The first-order chi connectivity index (χ1) is 8.08. The summed E-state index contributed by atoms with van der Waals surface area (Å²) in [5, 5.41) is 1.16. The largest absolute Gasteiger partial charge is 0.342 e. The molecule has 92 valence electrons. The third kappa shape index (κ3) is 3.09. The van der Waals surface area contributed by atoms with Gasteiger partial charge in [-0.25, -0.2) is 0 Å². The number of hydrogen-bond donors (Lipinski definition) is 0. The van der Waals surface area contributed by atoms with E-state index in [0.29, 0.717) is 10.0 Å². The van der Waals surface area contributed by atoms with Crippen molar-refractivity contribution in [2.75, 3.05) is 13.1 Å². The van der Waals surface area contributed by atoms with Crippen LogP contribution >= 0.6 is 35.0 Å². The summed E-state index contributed by atoms with van der Waals surface area (Å²) in [6, 6.07) is 5.30.